The molecule has 1 aromatic rings. The number of nitrogens with two attached hydrogens (primary N) is 1. The van der Waals surface area contributed by atoms with E-state index in [1.165, 1.54) is 4.90 Å². The predicted molar refractivity (Wildman–Crippen MR) is 74.4 cm³/mol. The Kier molecular flexibility index (Phi) is 6.08. The summed E-state index contributed by atoms with van der Waals surface area (Å²) in [4.78, 5) is 13.3. The molecular formula is C11H18F2N4O2S. The number of nitrogen functional groups attached to an aromatic ring is 1. The van der Waals surface area contributed by atoms with Gasteiger partial charge in [-0.25, -0.2) is 8.78 Å². The number of carbonyl (C=O) groups excluding carboxylic acids is 1. The summed E-state index contributed by atoms with van der Waals surface area (Å²) in [6.45, 7) is 2.63. The van der Waals surface area contributed by atoms with Crippen molar-refractivity contribution in [3.63, 3.8) is 0 Å². The number of carbonyl (C=O) groups is 1. The van der Waals surface area contributed by atoms with E-state index in [-0.39, 0.29) is 35.6 Å². The Morgan fingerprint density at radius 2 is 2.20 bits per heavy atom. The third kappa shape index (κ3) is 4.27. The van der Waals surface area contributed by atoms with E-state index < -0.39 is 18.9 Å². The molecule has 0 radical (unpaired) electrons. The first kappa shape index (κ1) is 16.6. The van der Waals surface area contributed by atoms with Crippen molar-refractivity contribution in [2.45, 2.75) is 26.3 Å². The van der Waals surface area contributed by atoms with Crippen LogP contribution in [0.15, 0.2) is 0 Å². The summed E-state index contributed by atoms with van der Waals surface area (Å²) in [5, 5.41) is 11.9. The van der Waals surface area contributed by atoms with Crippen molar-refractivity contribution < 1.29 is 18.7 Å². The number of nitrogens with one attached hydrogen (secondary N) is 1. The first-order valence-electron chi connectivity index (χ1n) is 6.06. The normalized spacial score (nSPS) is 11.2. The molecule has 0 saturated carbocycles. The number of halogens is 2. The highest BCUT2D eigenvalue weighted by molar-refractivity contribution is 7.11. The molecule has 114 valence electrons. The molecule has 20 heavy (non-hydrogen) atoms. The van der Waals surface area contributed by atoms with Gasteiger partial charge in [0.15, 0.2) is 5.82 Å². The Labute approximate surface area is 119 Å². The van der Waals surface area contributed by atoms with Gasteiger partial charge in [-0.3, -0.25) is 4.79 Å². The Morgan fingerprint density at radius 3 is 2.70 bits per heavy atom. The fraction of sp³-hybridized carbons (Fsp3) is 0.636. The lowest BCUT2D eigenvalue weighted by Crippen LogP contribution is -2.35. The minimum absolute atomic E-state index is 0.000330. The van der Waals surface area contributed by atoms with Crippen molar-refractivity contribution in [1.82, 2.24) is 9.69 Å². The van der Waals surface area contributed by atoms with Gasteiger partial charge >= 0.3 is 0 Å². The van der Waals surface area contributed by atoms with Gasteiger partial charge in [0.1, 0.15) is 10.6 Å². The van der Waals surface area contributed by atoms with E-state index in [9.17, 15) is 13.6 Å². The van der Waals surface area contributed by atoms with E-state index in [0.29, 0.717) is 0 Å². The van der Waals surface area contributed by atoms with Crippen LogP contribution in [0.1, 0.15) is 24.2 Å². The summed E-state index contributed by atoms with van der Waals surface area (Å²) in [5.74, 6) is -0.459. The van der Waals surface area contributed by atoms with Gasteiger partial charge in [-0.2, -0.15) is 4.37 Å². The maximum atomic E-state index is 12.6. The number of aliphatic hydroxyl groups excluding tert-OH is 1. The molecule has 0 spiro atoms. The molecule has 0 saturated heterocycles. The number of amides is 1. The summed E-state index contributed by atoms with van der Waals surface area (Å²) in [6, 6.07) is -0.115. The minimum Gasteiger partial charge on any atom is -0.395 e. The fourth-order valence-electron chi connectivity index (χ4n) is 1.62. The highest BCUT2D eigenvalue weighted by Crippen LogP contribution is 2.31. The number of rotatable bonds is 7. The summed E-state index contributed by atoms with van der Waals surface area (Å²) in [7, 11) is 0. The Morgan fingerprint density at radius 1 is 1.55 bits per heavy atom. The van der Waals surface area contributed by atoms with Crippen LogP contribution in [0.5, 0.6) is 0 Å². The topological polar surface area (TPSA) is 91.5 Å². The number of nitrogens with zero attached hydrogens (tertiary/aromatic N) is 2. The van der Waals surface area contributed by atoms with Gasteiger partial charge in [-0.1, -0.05) is 0 Å². The molecule has 0 unspecified atom stereocenters. The highest BCUT2D eigenvalue weighted by atomic mass is 32.1. The molecule has 0 aliphatic rings. The van der Waals surface area contributed by atoms with Crippen LogP contribution < -0.4 is 16.0 Å². The Balaban J connectivity index is 3.06. The lowest BCUT2D eigenvalue weighted by Gasteiger charge is -2.22. The second kappa shape index (κ2) is 7.34. The monoisotopic (exact) mass is 308 g/mol. The molecule has 1 amide bonds. The first-order chi connectivity index (χ1) is 9.36. The van der Waals surface area contributed by atoms with Crippen molar-refractivity contribution in [3.05, 3.63) is 5.56 Å². The van der Waals surface area contributed by atoms with Gasteiger partial charge in [-0.15, -0.1) is 0 Å². The van der Waals surface area contributed by atoms with Crippen LogP contribution in [-0.4, -0.2) is 47.6 Å². The van der Waals surface area contributed by atoms with Crippen LogP contribution in [-0.2, 0) is 0 Å². The van der Waals surface area contributed by atoms with Gasteiger partial charge < -0.3 is 21.1 Å². The van der Waals surface area contributed by atoms with E-state index in [4.69, 9.17) is 10.8 Å². The molecular weight excluding hydrogens is 290 g/mol. The van der Waals surface area contributed by atoms with Crippen LogP contribution in [0.4, 0.5) is 19.6 Å². The fourth-order valence-corrected chi connectivity index (χ4v) is 2.47. The lowest BCUT2D eigenvalue weighted by atomic mass is 10.2. The Bertz CT molecular complexity index is 454. The molecule has 1 aromatic heterocycles. The van der Waals surface area contributed by atoms with Gasteiger partial charge in [0.25, 0.3) is 12.3 Å². The van der Waals surface area contributed by atoms with E-state index in [1.807, 2.05) is 0 Å². The lowest BCUT2D eigenvalue weighted by molar-refractivity contribution is 0.0944. The zero-order chi connectivity index (χ0) is 15.3. The predicted octanol–water partition coefficient (Wildman–Crippen LogP) is 0.927. The maximum Gasteiger partial charge on any atom is 0.258 e. The van der Waals surface area contributed by atoms with Crippen molar-refractivity contribution in [1.29, 1.82) is 0 Å². The molecule has 1 heterocycles. The van der Waals surface area contributed by atoms with Crippen molar-refractivity contribution in [2.24, 2.45) is 0 Å². The van der Waals surface area contributed by atoms with Crippen LogP contribution in [0.25, 0.3) is 0 Å². The Hall–Kier alpha value is -1.48. The SMILES string of the molecule is CC(C)NC(=O)c1c(N)nsc1N(CCO)CC(F)F. The summed E-state index contributed by atoms with van der Waals surface area (Å²) in [6.07, 6.45) is -2.59. The second-order valence-electron chi connectivity index (χ2n) is 4.44. The van der Waals surface area contributed by atoms with Crippen LogP contribution in [0, 0.1) is 0 Å². The zero-order valence-corrected chi connectivity index (χ0v) is 12.1. The third-order valence-electron chi connectivity index (χ3n) is 2.36. The van der Waals surface area contributed by atoms with E-state index >= 15 is 0 Å². The summed E-state index contributed by atoms with van der Waals surface area (Å²) < 4.78 is 29.0. The second-order valence-corrected chi connectivity index (χ2v) is 5.19. The standard InChI is InChI=1S/C11H18F2N4O2S/c1-6(2)15-10(19)8-9(14)16-20-11(8)17(3-4-18)5-7(12)13/h6-7,18H,3-5H2,1-2H3,(H2,14,16)(H,15,19). The van der Waals surface area contributed by atoms with Crippen LogP contribution >= 0.6 is 11.5 Å². The van der Waals surface area contributed by atoms with Crippen molar-refractivity contribution >= 4 is 28.3 Å². The number of aromatic nitrogens is 1. The number of aliphatic hydroxyl groups is 1. The van der Waals surface area contributed by atoms with E-state index in [2.05, 4.69) is 9.69 Å². The number of anilines is 2. The average Bonchev–Trinajstić information content (AvgIpc) is 2.69. The summed E-state index contributed by atoms with van der Waals surface area (Å²) in [5.41, 5.74) is 5.73. The number of hydrogen-bond donors (Lipinski definition) is 3. The summed E-state index contributed by atoms with van der Waals surface area (Å²) >= 11 is 0.867. The molecule has 0 aliphatic heterocycles. The average molecular weight is 308 g/mol. The van der Waals surface area contributed by atoms with E-state index in [0.717, 1.165) is 11.5 Å². The van der Waals surface area contributed by atoms with Crippen LogP contribution in [0.3, 0.4) is 0 Å². The van der Waals surface area contributed by atoms with Gasteiger partial charge in [0.05, 0.1) is 13.2 Å². The third-order valence-corrected chi connectivity index (χ3v) is 3.29. The zero-order valence-electron chi connectivity index (χ0n) is 11.3. The first-order valence-corrected chi connectivity index (χ1v) is 6.84. The molecule has 0 aromatic carbocycles. The molecule has 0 atom stereocenters. The quantitative estimate of drug-likeness (QED) is 0.697. The molecule has 0 bridgehead atoms. The smallest absolute Gasteiger partial charge is 0.258 e. The molecule has 6 nitrogen and oxygen atoms in total. The largest absolute Gasteiger partial charge is 0.395 e. The van der Waals surface area contributed by atoms with Crippen LogP contribution in [0.2, 0.25) is 0 Å². The highest BCUT2D eigenvalue weighted by Gasteiger charge is 2.25. The number of hydrogen-bond acceptors (Lipinski definition) is 6. The van der Waals surface area contributed by atoms with Crippen molar-refractivity contribution in [2.75, 3.05) is 30.3 Å². The van der Waals surface area contributed by atoms with Gasteiger partial charge in [-0.05, 0) is 25.4 Å². The molecule has 1 rings (SSSR count). The molecule has 0 fully saturated rings. The van der Waals surface area contributed by atoms with Crippen molar-refractivity contribution in [3.8, 4) is 0 Å². The molecule has 0 aliphatic carbocycles. The van der Waals surface area contributed by atoms with Gasteiger partial charge in [0, 0.05) is 12.6 Å². The van der Waals surface area contributed by atoms with E-state index in [1.54, 1.807) is 13.8 Å². The maximum absolute atomic E-state index is 12.6. The number of alkyl halides is 2. The molecule has 4 N–H and O–H groups in total. The minimum atomic E-state index is -2.59. The van der Waals surface area contributed by atoms with Gasteiger partial charge in [0.2, 0.25) is 0 Å². The molecule has 9 heteroatoms.